The van der Waals surface area contributed by atoms with E-state index in [9.17, 15) is 0 Å². The van der Waals surface area contributed by atoms with Crippen LogP contribution in [0.2, 0.25) is 0 Å². The lowest BCUT2D eigenvalue weighted by molar-refractivity contribution is 0.132. The van der Waals surface area contributed by atoms with Gasteiger partial charge in [-0.3, -0.25) is 0 Å². The van der Waals surface area contributed by atoms with Crippen molar-refractivity contribution in [2.24, 2.45) is 17.8 Å². The summed E-state index contributed by atoms with van der Waals surface area (Å²) in [5.41, 5.74) is 21.8. The standard InChI is InChI=1S/C62H56BN3/c1-62(2)51-22-6-10-26-55(51)64(56-27-11-7-23-52(56)62)48-32-34-49(35-33-48)65-57-28-12-8-24-53(57)63-54-25-9-13-29-58(54)66(50-21-15-20-47(41-50)46-18-4-3-5-19-46)60-40-45(39-59(65)61(60)63)31-30-44-37-42-16-14-17-43(36-42)38-44/h3-13,15,18-29,32-35,39-44H,14,16-17,30-31,36-38H2,1-2H3. The largest absolute Gasteiger partial charge is 0.311 e. The Morgan fingerprint density at radius 1 is 0.455 bits per heavy atom. The van der Waals surface area contributed by atoms with Gasteiger partial charge in [-0.2, -0.15) is 0 Å². The Balaban J connectivity index is 0.978. The minimum atomic E-state index is -0.104. The van der Waals surface area contributed by atoms with Crippen molar-refractivity contribution in [2.75, 3.05) is 14.7 Å². The maximum absolute atomic E-state index is 2.59. The summed E-state index contributed by atoms with van der Waals surface area (Å²) in [7, 11) is 0. The lowest BCUT2D eigenvalue weighted by Crippen LogP contribution is -2.61. The Kier molecular flexibility index (Phi) is 9.41. The Bertz CT molecular complexity index is 3070. The molecule has 2 fully saturated rings. The minimum absolute atomic E-state index is 0.1000. The number of benzene rings is 8. The van der Waals surface area contributed by atoms with Crippen LogP contribution in [0.5, 0.6) is 0 Å². The van der Waals surface area contributed by atoms with Crippen LogP contribution in [0.3, 0.4) is 0 Å². The number of anilines is 9. The molecule has 13 rings (SSSR count). The van der Waals surface area contributed by atoms with Crippen LogP contribution >= 0.6 is 0 Å². The summed E-state index contributed by atoms with van der Waals surface area (Å²) in [5.74, 6) is 2.68. The number of nitrogens with zero attached hydrogens (tertiary/aromatic N) is 3. The third kappa shape index (κ3) is 6.39. The van der Waals surface area contributed by atoms with Crippen molar-refractivity contribution < 1.29 is 0 Å². The predicted octanol–water partition coefficient (Wildman–Crippen LogP) is 14.7. The number of rotatable bonds is 7. The monoisotopic (exact) mass is 853 g/mol. The zero-order chi connectivity index (χ0) is 43.9. The van der Waals surface area contributed by atoms with Gasteiger partial charge < -0.3 is 14.7 Å². The number of hydrogen-bond donors (Lipinski definition) is 0. The highest BCUT2D eigenvalue weighted by Gasteiger charge is 2.44. The molecule has 2 aliphatic carbocycles. The van der Waals surface area contributed by atoms with E-state index in [0.29, 0.717) is 0 Å². The molecule has 5 aliphatic rings. The lowest BCUT2D eigenvalue weighted by Gasteiger charge is -2.44. The van der Waals surface area contributed by atoms with Crippen LogP contribution in [-0.4, -0.2) is 6.71 Å². The summed E-state index contributed by atoms with van der Waals surface area (Å²) in [6, 6.07) is 71.0. The second-order valence-corrected chi connectivity index (χ2v) is 20.5. The molecule has 0 N–H and O–H groups in total. The van der Waals surface area contributed by atoms with E-state index in [2.05, 4.69) is 217 Å². The summed E-state index contributed by atoms with van der Waals surface area (Å²) in [6.07, 6.45) is 11.0. The normalized spacial score (nSPS) is 19.6. The molecule has 3 nitrogen and oxygen atoms in total. The van der Waals surface area contributed by atoms with Crippen LogP contribution in [0, 0.1) is 17.8 Å². The predicted molar refractivity (Wildman–Crippen MR) is 279 cm³/mol. The van der Waals surface area contributed by atoms with Gasteiger partial charge in [-0.25, -0.2) is 0 Å². The number of fused-ring (bicyclic) bond motifs is 8. The van der Waals surface area contributed by atoms with Gasteiger partial charge >= 0.3 is 0 Å². The van der Waals surface area contributed by atoms with E-state index in [-0.39, 0.29) is 12.1 Å². The van der Waals surface area contributed by atoms with Gasteiger partial charge in [-0.1, -0.05) is 148 Å². The van der Waals surface area contributed by atoms with E-state index in [4.69, 9.17) is 0 Å². The average molecular weight is 854 g/mol. The number of aryl methyl sites for hydroxylation is 1. The Morgan fingerprint density at radius 2 is 0.955 bits per heavy atom. The first-order valence-corrected chi connectivity index (χ1v) is 24.7. The van der Waals surface area contributed by atoms with Crippen molar-refractivity contribution in [3.63, 3.8) is 0 Å². The molecule has 322 valence electrons. The van der Waals surface area contributed by atoms with E-state index in [1.54, 1.807) is 0 Å². The van der Waals surface area contributed by atoms with Crippen molar-refractivity contribution in [3.8, 4) is 11.1 Å². The quantitative estimate of drug-likeness (QED) is 0.148. The molecular formula is C62H56BN3. The molecule has 0 aromatic heterocycles. The Morgan fingerprint density at radius 3 is 1.56 bits per heavy atom. The van der Waals surface area contributed by atoms with Gasteiger partial charge in [-0.05, 0) is 167 Å². The second-order valence-electron chi connectivity index (χ2n) is 20.5. The fourth-order valence-electron chi connectivity index (χ4n) is 13.3. The summed E-state index contributed by atoms with van der Waals surface area (Å²) in [5, 5.41) is 0. The minimum Gasteiger partial charge on any atom is -0.311 e. The van der Waals surface area contributed by atoms with Crippen molar-refractivity contribution in [3.05, 3.63) is 205 Å². The second kappa shape index (κ2) is 15.7. The van der Waals surface area contributed by atoms with Crippen LogP contribution in [0.25, 0.3) is 11.1 Å². The van der Waals surface area contributed by atoms with Crippen LogP contribution in [0.1, 0.15) is 75.5 Å². The molecule has 0 radical (unpaired) electrons. The molecule has 2 bridgehead atoms. The number of para-hydroxylation sites is 4. The van der Waals surface area contributed by atoms with Crippen LogP contribution in [0.4, 0.5) is 51.2 Å². The molecule has 2 unspecified atom stereocenters. The molecule has 0 amide bonds. The van der Waals surface area contributed by atoms with Gasteiger partial charge in [0.2, 0.25) is 0 Å². The van der Waals surface area contributed by atoms with Gasteiger partial charge in [-0.15, -0.1) is 0 Å². The Labute approximate surface area is 391 Å². The summed E-state index contributed by atoms with van der Waals surface area (Å²) in [6.45, 7) is 4.82. The molecular weight excluding hydrogens is 798 g/mol. The van der Waals surface area contributed by atoms with Gasteiger partial charge in [0.15, 0.2) is 0 Å². The molecule has 8 aromatic rings. The molecule has 8 aromatic carbocycles. The van der Waals surface area contributed by atoms with E-state index < -0.39 is 0 Å². The summed E-state index contributed by atoms with van der Waals surface area (Å²) < 4.78 is 0. The van der Waals surface area contributed by atoms with Crippen molar-refractivity contribution in [2.45, 2.75) is 70.6 Å². The zero-order valence-corrected chi connectivity index (χ0v) is 38.2. The SMILES string of the molecule is CC1(C)c2ccccc2N(c2ccc(N3c4ccccc4B4c5ccccc5N(c5cccc(-c6ccccc6)c5)c5cc(CCC6CC7CCCC(C7)C6)cc3c54)cc2)c2ccccc21. The molecule has 3 aliphatic heterocycles. The number of hydrogen-bond acceptors (Lipinski definition) is 3. The highest BCUT2D eigenvalue weighted by molar-refractivity contribution is 7.00. The molecule has 4 heteroatoms. The summed E-state index contributed by atoms with van der Waals surface area (Å²) >= 11 is 0. The molecule has 2 atom stereocenters. The third-order valence-corrected chi connectivity index (χ3v) is 16.2. The van der Waals surface area contributed by atoms with Crippen LogP contribution in [-0.2, 0) is 11.8 Å². The maximum atomic E-state index is 2.59. The van der Waals surface area contributed by atoms with E-state index in [1.165, 1.54) is 140 Å². The molecule has 0 saturated heterocycles. The van der Waals surface area contributed by atoms with Gasteiger partial charge in [0.05, 0.1) is 11.4 Å². The van der Waals surface area contributed by atoms with E-state index in [0.717, 1.165) is 24.2 Å². The van der Waals surface area contributed by atoms with Crippen molar-refractivity contribution in [1.29, 1.82) is 0 Å². The zero-order valence-electron chi connectivity index (χ0n) is 38.2. The highest BCUT2D eigenvalue weighted by Crippen LogP contribution is 2.53. The Hall–Kier alpha value is -6.78. The molecule has 2 saturated carbocycles. The van der Waals surface area contributed by atoms with E-state index >= 15 is 0 Å². The van der Waals surface area contributed by atoms with Gasteiger partial charge in [0, 0.05) is 45.2 Å². The van der Waals surface area contributed by atoms with Crippen molar-refractivity contribution >= 4 is 74.3 Å². The van der Waals surface area contributed by atoms with Crippen LogP contribution in [0.15, 0.2) is 188 Å². The van der Waals surface area contributed by atoms with Gasteiger partial charge in [0.25, 0.3) is 6.71 Å². The first kappa shape index (κ1) is 39.6. The first-order chi connectivity index (χ1) is 32.5. The summed E-state index contributed by atoms with van der Waals surface area (Å²) in [4.78, 5) is 7.66. The maximum Gasteiger partial charge on any atom is 0.252 e. The topological polar surface area (TPSA) is 9.72 Å². The fraction of sp³-hybridized carbons (Fsp3) is 0.226. The van der Waals surface area contributed by atoms with Crippen molar-refractivity contribution in [1.82, 2.24) is 0 Å². The van der Waals surface area contributed by atoms with Gasteiger partial charge in [0.1, 0.15) is 0 Å². The third-order valence-electron chi connectivity index (χ3n) is 16.2. The smallest absolute Gasteiger partial charge is 0.252 e. The lowest BCUT2D eigenvalue weighted by atomic mass is 9.33. The highest BCUT2D eigenvalue weighted by atomic mass is 15.2. The molecule has 3 heterocycles. The fourth-order valence-corrected chi connectivity index (χ4v) is 13.3. The van der Waals surface area contributed by atoms with Crippen LogP contribution < -0.4 is 31.1 Å². The molecule has 0 spiro atoms. The first-order valence-electron chi connectivity index (χ1n) is 24.7. The average Bonchev–Trinajstić information content (AvgIpc) is 3.36. The van der Waals surface area contributed by atoms with E-state index in [1.807, 2.05) is 0 Å². The molecule has 66 heavy (non-hydrogen) atoms.